The monoisotopic (exact) mass is 200 g/mol. The third kappa shape index (κ3) is 1.99. The minimum absolute atomic E-state index is 0.0540. The number of hydrogen-bond acceptors (Lipinski definition) is 2. The highest BCUT2D eigenvalue weighted by atomic mass is 35.5. The van der Waals surface area contributed by atoms with E-state index in [-0.39, 0.29) is 10.7 Å². The maximum atomic E-state index is 13.0. The lowest BCUT2D eigenvalue weighted by molar-refractivity contribution is 0.629. The summed E-state index contributed by atoms with van der Waals surface area (Å²) in [6, 6.07) is 2.37. The molecule has 0 aliphatic heterocycles. The van der Waals surface area contributed by atoms with Gasteiger partial charge < -0.3 is 11.5 Å². The van der Waals surface area contributed by atoms with Gasteiger partial charge in [0.25, 0.3) is 0 Å². The predicted octanol–water partition coefficient (Wildman–Crippen LogP) is 2.25. The van der Waals surface area contributed by atoms with Gasteiger partial charge >= 0.3 is 0 Å². The number of halogens is 2. The summed E-state index contributed by atoms with van der Waals surface area (Å²) in [6.45, 7) is 3.50. The van der Waals surface area contributed by atoms with Crippen LogP contribution >= 0.6 is 11.6 Å². The first-order chi connectivity index (χ1) is 6.06. The van der Waals surface area contributed by atoms with Crippen LogP contribution in [0.5, 0.6) is 0 Å². The van der Waals surface area contributed by atoms with Gasteiger partial charge in [-0.25, -0.2) is 4.39 Å². The van der Waals surface area contributed by atoms with Crippen molar-refractivity contribution in [1.29, 1.82) is 0 Å². The van der Waals surface area contributed by atoms with Crippen molar-refractivity contribution in [2.24, 2.45) is 5.73 Å². The summed E-state index contributed by atoms with van der Waals surface area (Å²) < 4.78 is 13.0. The van der Waals surface area contributed by atoms with Gasteiger partial charge in [-0.2, -0.15) is 0 Å². The summed E-state index contributed by atoms with van der Waals surface area (Å²) in [5.74, 6) is -0.556. The molecule has 0 fully saturated rings. The van der Waals surface area contributed by atoms with E-state index < -0.39 is 11.9 Å². The van der Waals surface area contributed by atoms with E-state index in [0.717, 1.165) is 0 Å². The highest BCUT2D eigenvalue weighted by molar-refractivity contribution is 6.33. The van der Waals surface area contributed by atoms with Crippen molar-refractivity contribution in [2.75, 3.05) is 5.73 Å². The Kier molecular flexibility index (Phi) is 2.90. The molecule has 0 bridgehead atoms. The lowest BCUT2D eigenvalue weighted by Crippen LogP contribution is -2.07. The first-order valence-electron chi connectivity index (χ1n) is 3.68. The van der Waals surface area contributed by atoms with Gasteiger partial charge in [-0.05, 0) is 17.7 Å². The molecule has 70 valence electrons. The van der Waals surface area contributed by atoms with Gasteiger partial charge in [0.05, 0.1) is 10.7 Å². The minimum atomic E-state index is -0.556. The molecule has 1 atom stereocenters. The van der Waals surface area contributed by atoms with Crippen LogP contribution in [0.1, 0.15) is 11.6 Å². The number of benzene rings is 1. The average molecular weight is 201 g/mol. The molecule has 1 aromatic carbocycles. The maximum Gasteiger partial charge on any atom is 0.147 e. The van der Waals surface area contributed by atoms with E-state index in [9.17, 15) is 4.39 Å². The van der Waals surface area contributed by atoms with Gasteiger partial charge in [0.2, 0.25) is 0 Å². The average Bonchev–Trinajstić information content (AvgIpc) is 2.12. The fourth-order valence-corrected chi connectivity index (χ4v) is 1.15. The Morgan fingerprint density at radius 3 is 2.62 bits per heavy atom. The highest BCUT2D eigenvalue weighted by Crippen LogP contribution is 2.26. The molecule has 1 aromatic rings. The minimum Gasteiger partial charge on any atom is -0.395 e. The topological polar surface area (TPSA) is 52.0 Å². The molecule has 0 amide bonds. The molecule has 13 heavy (non-hydrogen) atoms. The second-order valence-electron chi connectivity index (χ2n) is 2.66. The molecule has 0 aliphatic rings. The lowest BCUT2D eigenvalue weighted by Gasteiger charge is -2.08. The Morgan fingerprint density at radius 2 is 2.15 bits per heavy atom. The molecule has 4 N–H and O–H groups in total. The van der Waals surface area contributed by atoms with Crippen molar-refractivity contribution in [3.05, 3.63) is 41.2 Å². The third-order valence-corrected chi connectivity index (χ3v) is 2.05. The molecule has 0 saturated heterocycles. The summed E-state index contributed by atoms with van der Waals surface area (Å²) >= 11 is 5.67. The van der Waals surface area contributed by atoms with Crippen LogP contribution in [0.25, 0.3) is 0 Å². The van der Waals surface area contributed by atoms with Crippen LogP contribution < -0.4 is 11.5 Å². The summed E-state index contributed by atoms with van der Waals surface area (Å²) in [7, 11) is 0. The summed E-state index contributed by atoms with van der Waals surface area (Å²) in [6.07, 6.45) is 1.50. The number of anilines is 1. The van der Waals surface area contributed by atoms with Gasteiger partial charge in [0.15, 0.2) is 0 Å². The van der Waals surface area contributed by atoms with Crippen molar-refractivity contribution >= 4 is 17.3 Å². The van der Waals surface area contributed by atoms with Crippen molar-refractivity contribution in [3.8, 4) is 0 Å². The van der Waals surface area contributed by atoms with E-state index >= 15 is 0 Å². The van der Waals surface area contributed by atoms with Crippen molar-refractivity contribution < 1.29 is 4.39 Å². The molecule has 2 nitrogen and oxygen atoms in total. The molecule has 0 radical (unpaired) electrons. The fraction of sp³-hybridized carbons (Fsp3) is 0.111. The molecule has 0 heterocycles. The smallest absolute Gasteiger partial charge is 0.147 e. The normalized spacial score (nSPS) is 12.5. The van der Waals surface area contributed by atoms with Crippen LogP contribution in [0.2, 0.25) is 5.02 Å². The SMILES string of the molecule is C=C[C@H](N)c1cc(F)c(N)c(Cl)c1. The Hall–Kier alpha value is -1.06. The Bertz CT molecular complexity index is 315. The van der Waals surface area contributed by atoms with Crippen molar-refractivity contribution in [1.82, 2.24) is 0 Å². The zero-order valence-electron chi connectivity index (χ0n) is 6.93. The first kappa shape index (κ1) is 10.0. The van der Waals surface area contributed by atoms with Gasteiger partial charge in [0, 0.05) is 6.04 Å². The molecule has 4 heteroatoms. The zero-order chi connectivity index (χ0) is 10.0. The third-order valence-electron chi connectivity index (χ3n) is 1.74. The predicted molar refractivity (Wildman–Crippen MR) is 52.9 cm³/mol. The molecule has 0 aliphatic carbocycles. The summed E-state index contributed by atoms with van der Waals surface area (Å²) in [4.78, 5) is 0. The lowest BCUT2D eigenvalue weighted by atomic mass is 10.1. The molecule has 0 unspecified atom stereocenters. The van der Waals surface area contributed by atoms with Crippen LogP contribution in [0.4, 0.5) is 10.1 Å². The molecular formula is C9H10ClFN2. The quantitative estimate of drug-likeness (QED) is 0.568. The van der Waals surface area contributed by atoms with E-state index in [2.05, 4.69) is 6.58 Å². The van der Waals surface area contributed by atoms with Crippen LogP contribution in [0, 0.1) is 5.82 Å². The Labute approximate surface area is 81.0 Å². The van der Waals surface area contributed by atoms with Crippen molar-refractivity contribution in [2.45, 2.75) is 6.04 Å². The summed E-state index contributed by atoms with van der Waals surface area (Å²) in [5, 5.41) is 0.173. The molecule has 0 aromatic heterocycles. The van der Waals surface area contributed by atoms with E-state index in [0.29, 0.717) is 5.56 Å². The second kappa shape index (κ2) is 3.77. The van der Waals surface area contributed by atoms with Gasteiger partial charge in [-0.3, -0.25) is 0 Å². The van der Waals surface area contributed by atoms with Crippen LogP contribution in [-0.4, -0.2) is 0 Å². The number of rotatable bonds is 2. The molecular weight excluding hydrogens is 191 g/mol. The Morgan fingerprint density at radius 1 is 1.54 bits per heavy atom. The second-order valence-corrected chi connectivity index (χ2v) is 3.07. The van der Waals surface area contributed by atoms with E-state index in [1.54, 1.807) is 0 Å². The van der Waals surface area contributed by atoms with Gasteiger partial charge in [0.1, 0.15) is 5.82 Å². The summed E-state index contributed by atoms with van der Waals surface area (Å²) in [5.41, 5.74) is 11.4. The van der Waals surface area contributed by atoms with E-state index in [1.807, 2.05) is 0 Å². The Balaban J connectivity index is 3.20. The van der Waals surface area contributed by atoms with E-state index in [1.165, 1.54) is 18.2 Å². The first-order valence-corrected chi connectivity index (χ1v) is 4.06. The largest absolute Gasteiger partial charge is 0.395 e. The molecule has 1 rings (SSSR count). The number of nitrogens with two attached hydrogens (primary N) is 2. The standard InChI is InChI=1S/C9H10ClFN2/c1-2-8(12)5-3-6(10)9(13)7(11)4-5/h2-4,8H,1,12-13H2/t8-/m0/s1. The van der Waals surface area contributed by atoms with Crippen LogP contribution in [0.15, 0.2) is 24.8 Å². The zero-order valence-corrected chi connectivity index (χ0v) is 7.68. The fourth-order valence-electron chi connectivity index (χ4n) is 0.932. The van der Waals surface area contributed by atoms with Gasteiger partial charge in [-0.1, -0.05) is 17.7 Å². The maximum absolute atomic E-state index is 13.0. The molecule has 0 saturated carbocycles. The van der Waals surface area contributed by atoms with Crippen LogP contribution in [0.3, 0.4) is 0 Å². The highest BCUT2D eigenvalue weighted by Gasteiger charge is 2.09. The van der Waals surface area contributed by atoms with Gasteiger partial charge in [-0.15, -0.1) is 6.58 Å². The molecule has 0 spiro atoms. The number of hydrogen-bond donors (Lipinski definition) is 2. The van der Waals surface area contributed by atoms with Crippen molar-refractivity contribution in [3.63, 3.8) is 0 Å². The van der Waals surface area contributed by atoms with E-state index in [4.69, 9.17) is 23.1 Å². The number of nitrogen functional groups attached to an aromatic ring is 1. The van der Waals surface area contributed by atoms with Crippen LogP contribution in [-0.2, 0) is 0 Å².